The zero-order chi connectivity index (χ0) is 8.55. The van der Waals surface area contributed by atoms with Gasteiger partial charge in [0.2, 0.25) is 0 Å². The minimum atomic E-state index is 0.405. The van der Waals surface area contributed by atoms with E-state index in [1.54, 1.807) is 6.20 Å². The highest BCUT2D eigenvalue weighted by molar-refractivity contribution is 14.1. The van der Waals surface area contributed by atoms with Crippen molar-refractivity contribution in [2.24, 2.45) is 0 Å². The normalized spacial score (nSPS) is 16.2. The Morgan fingerprint density at radius 2 is 2.33 bits per heavy atom. The molecule has 0 aliphatic heterocycles. The lowest BCUT2D eigenvalue weighted by atomic mass is 10.4. The van der Waals surface area contributed by atoms with Crippen molar-refractivity contribution in [1.29, 1.82) is 0 Å². The van der Waals surface area contributed by atoms with Crippen LogP contribution in [0.5, 0.6) is 5.75 Å². The predicted molar refractivity (Wildman–Crippen MR) is 55.6 cm³/mol. The summed E-state index contributed by atoms with van der Waals surface area (Å²) in [4.78, 5) is 4.09. The molecule has 0 N–H and O–H groups in total. The van der Waals surface area contributed by atoms with Crippen molar-refractivity contribution in [2.75, 3.05) is 0 Å². The Bertz CT molecular complexity index is 301. The second-order valence-electron chi connectivity index (χ2n) is 2.76. The molecular weight excluding hydrogens is 288 g/mol. The summed E-state index contributed by atoms with van der Waals surface area (Å²) in [5.41, 5.74) is 0. The molecule has 2 rings (SSSR count). The van der Waals surface area contributed by atoms with Gasteiger partial charge in [0.15, 0.2) is 0 Å². The largest absolute Gasteiger partial charge is 0.489 e. The molecule has 0 radical (unpaired) electrons. The van der Waals surface area contributed by atoms with Gasteiger partial charge in [0.1, 0.15) is 9.45 Å². The lowest BCUT2D eigenvalue weighted by molar-refractivity contribution is 0.302. The topological polar surface area (TPSA) is 22.1 Å². The van der Waals surface area contributed by atoms with Crippen LogP contribution in [0.1, 0.15) is 12.8 Å². The number of aromatic nitrogens is 1. The molecule has 64 valence electrons. The Hall–Kier alpha value is -0.0300. The third-order valence-electron chi connectivity index (χ3n) is 1.60. The summed E-state index contributed by atoms with van der Waals surface area (Å²) in [6, 6.07) is 1.81. The first-order valence-electron chi connectivity index (χ1n) is 3.73. The van der Waals surface area contributed by atoms with Crippen LogP contribution in [-0.2, 0) is 0 Å². The molecule has 12 heavy (non-hydrogen) atoms. The quantitative estimate of drug-likeness (QED) is 0.618. The zero-order valence-corrected chi connectivity index (χ0v) is 9.17. The van der Waals surface area contributed by atoms with Crippen LogP contribution in [0.25, 0.3) is 0 Å². The average Bonchev–Trinajstić information content (AvgIpc) is 2.81. The molecule has 0 unspecified atom stereocenters. The van der Waals surface area contributed by atoms with Gasteiger partial charge >= 0.3 is 0 Å². The molecule has 1 aliphatic carbocycles. The Kier molecular flexibility index (Phi) is 2.41. The number of nitrogens with zero attached hydrogens (tertiary/aromatic N) is 1. The maximum atomic E-state index is 5.87. The molecule has 1 aliphatic rings. The zero-order valence-electron chi connectivity index (χ0n) is 6.26. The van der Waals surface area contributed by atoms with Crippen molar-refractivity contribution < 1.29 is 4.74 Å². The molecule has 0 spiro atoms. The molecule has 4 heteroatoms. The molecular formula is C8H7ClINO. The van der Waals surface area contributed by atoms with E-state index in [1.165, 1.54) is 0 Å². The summed E-state index contributed by atoms with van der Waals surface area (Å²) in [5.74, 6) is 0.780. The van der Waals surface area contributed by atoms with Crippen molar-refractivity contribution in [3.8, 4) is 5.75 Å². The second kappa shape index (κ2) is 3.38. The second-order valence-corrected chi connectivity index (χ2v) is 4.19. The highest BCUT2D eigenvalue weighted by Gasteiger charge is 2.23. The van der Waals surface area contributed by atoms with Gasteiger partial charge in [0, 0.05) is 6.07 Å². The van der Waals surface area contributed by atoms with E-state index in [9.17, 15) is 0 Å². The highest BCUT2D eigenvalue weighted by atomic mass is 127. The van der Waals surface area contributed by atoms with Gasteiger partial charge in [0.25, 0.3) is 0 Å². The molecule has 1 fully saturated rings. The van der Waals surface area contributed by atoms with Gasteiger partial charge < -0.3 is 4.74 Å². The summed E-state index contributed by atoms with van der Waals surface area (Å²) in [5, 5.41) is 0.661. The van der Waals surface area contributed by atoms with Gasteiger partial charge in [-0.2, -0.15) is 0 Å². The molecule has 2 nitrogen and oxygen atoms in total. The van der Waals surface area contributed by atoms with Crippen LogP contribution in [0.2, 0.25) is 5.02 Å². The van der Waals surface area contributed by atoms with Gasteiger partial charge in [-0.25, -0.2) is 4.98 Å². The van der Waals surface area contributed by atoms with E-state index in [0.29, 0.717) is 11.1 Å². The maximum Gasteiger partial charge on any atom is 0.139 e. The fraction of sp³-hybridized carbons (Fsp3) is 0.375. The van der Waals surface area contributed by atoms with E-state index in [4.69, 9.17) is 16.3 Å². The summed E-state index contributed by atoms with van der Waals surface area (Å²) >= 11 is 7.96. The minimum Gasteiger partial charge on any atom is -0.489 e. The Morgan fingerprint density at radius 3 is 2.92 bits per heavy atom. The van der Waals surface area contributed by atoms with E-state index in [-0.39, 0.29) is 0 Å². The van der Waals surface area contributed by atoms with Gasteiger partial charge in [-0.05, 0) is 35.4 Å². The molecule has 1 saturated carbocycles. The first-order valence-corrected chi connectivity index (χ1v) is 5.19. The van der Waals surface area contributed by atoms with E-state index < -0.39 is 0 Å². The average molecular weight is 296 g/mol. The number of ether oxygens (including phenoxy) is 1. The third kappa shape index (κ3) is 2.01. The van der Waals surface area contributed by atoms with Gasteiger partial charge in [0.05, 0.1) is 17.3 Å². The Morgan fingerprint density at radius 1 is 1.58 bits per heavy atom. The Labute approximate surface area is 89.4 Å². The first-order chi connectivity index (χ1) is 5.75. The molecule has 0 saturated heterocycles. The summed E-state index contributed by atoms with van der Waals surface area (Å²) in [7, 11) is 0. The number of hydrogen-bond acceptors (Lipinski definition) is 2. The fourth-order valence-electron chi connectivity index (χ4n) is 0.846. The van der Waals surface area contributed by atoms with Gasteiger partial charge in [-0.3, -0.25) is 0 Å². The smallest absolute Gasteiger partial charge is 0.139 e. The molecule has 1 aromatic rings. The molecule has 0 bridgehead atoms. The standard InChI is InChI=1S/C8H7ClINO/c9-7-3-6(4-11-8(7)10)12-5-1-2-5/h3-5H,1-2H2. The van der Waals surface area contributed by atoms with Crippen LogP contribution in [0.4, 0.5) is 0 Å². The van der Waals surface area contributed by atoms with Crippen LogP contribution in [0.15, 0.2) is 12.3 Å². The molecule has 1 aromatic heterocycles. The first kappa shape index (κ1) is 8.56. The van der Waals surface area contributed by atoms with Gasteiger partial charge in [-0.15, -0.1) is 0 Å². The SMILES string of the molecule is Clc1cc(OC2CC2)cnc1I. The monoisotopic (exact) mass is 295 g/mol. The van der Waals surface area contributed by atoms with Crippen molar-refractivity contribution in [3.05, 3.63) is 21.0 Å². The van der Waals surface area contributed by atoms with Crippen LogP contribution in [0.3, 0.4) is 0 Å². The predicted octanol–water partition coefficient (Wildman–Crippen LogP) is 2.88. The Balaban J connectivity index is 2.15. The molecule has 0 atom stereocenters. The number of rotatable bonds is 2. The lowest BCUT2D eigenvalue weighted by Gasteiger charge is -2.03. The van der Waals surface area contributed by atoms with Crippen molar-refractivity contribution in [2.45, 2.75) is 18.9 Å². The third-order valence-corrected chi connectivity index (χ3v) is 3.06. The lowest BCUT2D eigenvalue weighted by Crippen LogP contribution is -1.96. The number of hydrogen-bond donors (Lipinski definition) is 0. The van der Waals surface area contributed by atoms with E-state index in [2.05, 4.69) is 27.6 Å². The number of pyridine rings is 1. The van der Waals surface area contributed by atoms with E-state index >= 15 is 0 Å². The number of halogens is 2. The summed E-state index contributed by atoms with van der Waals surface area (Å²) in [6.45, 7) is 0. The summed E-state index contributed by atoms with van der Waals surface area (Å²) < 4.78 is 6.33. The summed E-state index contributed by atoms with van der Waals surface area (Å²) in [6.07, 6.45) is 4.43. The molecule has 0 aromatic carbocycles. The maximum absolute atomic E-state index is 5.87. The van der Waals surface area contributed by atoms with Crippen LogP contribution >= 0.6 is 34.2 Å². The minimum absolute atomic E-state index is 0.405. The van der Waals surface area contributed by atoms with Crippen molar-refractivity contribution in [3.63, 3.8) is 0 Å². The van der Waals surface area contributed by atoms with Crippen molar-refractivity contribution in [1.82, 2.24) is 4.98 Å². The van der Waals surface area contributed by atoms with Crippen LogP contribution in [-0.4, -0.2) is 11.1 Å². The molecule has 0 amide bonds. The van der Waals surface area contributed by atoms with Crippen molar-refractivity contribution >= 4 is 34.2 Å². The van der Waals surface area contributed by atoms with E-state index in [1.807, 2.05) is 6.07 Å². The van der Waals surface area contributed by atoms with Crippen LogP contribution in [0, 0.1) is 3.70 Å². The molecule has 1 heterocycles. The van der Waals surface area contributed by atoms with Crippen LogP contribution < -0.4 is 4.74 Å². The fourth-order valence-corrected chi connectivity index (χ4v) is 1.30. The van der Waals surface area contributed by atoms with Gasteiger partial charge in [-0.1, -0.05) is 11.6 Å². The van der Waals surface area contributed by atoms with E-state index in [0.717, 1.165) is 22.3 Å². The highest BCUT2D eigenvalue weighted by Crippen LogP contribution is 2.28.